The first-order valence-corrected chi connectivity index (χ1v) is 10.7. The monoisotopic (exact) mass is 472 g/mol. The largest absolute Gasteiger partial charge is 0.506 e. The van der Waals surface area contributed by atoms with Gasteiger partial charge < -0.3 is 15.2 Å². The van der Waals surface area contributed by atoms with Crippen molar-refractivity contribution >= 4 is 22.6 Å². The van der Waals surface area contributed by atoms with Gasteiger partial charge in [0.25, 0.3) is 5.91 Å². The lowest BCUT2D eigenvalue weighted by Crippen LogP contribution is -2.38. The highest BCUT2D eigenvalue weighted by Crippen LogP contribution is 2.34. The highest BCUT2D eigenvalue weighted by molar-refractivity contribution is 6.03. The molecule has 1 fully saturated rings. The standard InChI is InChI=1S/C25H23F3N2O4/c1-34-24(33)21-12-17(14-30(21)13-16-7-3-5-9-20(16)25(26,27)28)29-23(32)19-11-10-15-6-2-4-8-18(15)22(19)31/h2-11,17,21,31H,12-14H2,1H3,(H,29,32)/t17-,21-/m0/s1. The van der Waals surface area contributed by atoms with Crippen molar-refractivity contribution < 1.29 is 32.6 Å². The lowest BCUT2D eigenvalue weighted by molar-refractivity contribution is -0.146. The molecule has 0 aromatic heterocycles. The molecule has 2 atom stereocenters. The van der Waals surface area contributed by atoms with E-state index in [9.17, 15) is 27.9 Å². The van der Waals surface area contributed by atoms with Crippen LogP contribution in [0.15, 0.2) is 60.7 Å². The second-order valence-corrected chi connectivity index (χ2v) is 8.21. The van der Waals surface area contributed by atoms with E-state index in [1.807, 2.05) is 12.1 Å². The number of halogens is 3. The minimum Gasteiger partial charge on any atom is -0.506 e. The van der Waals surface area contributed by atoms with E-state index in [2.05, 4.69) is 5.32 Å². The van der Waals surface area contributed by atoms with E-state index in [1.165, 1.54) is 31.4 Å². The summed E-state index contributed by atoms with van der Waals surface area (Å²) in [5, 5.41) is 14.7. The number of likely N-dealkylation sites (tertiary alicyclic amines) is 1. The minimum absolute atomic E-state index is 0.0306. The number of fused-ring (bicyclic) bond motifs is 1. The van der Waals surface area contributed by atoms with Crippen molar-refractivity contribution in [3.8, 4) is 5.75 Å². The van der Waals surface area contributed by atoms with Gasteiger partial charge in [0, 0.05) is 24.5 Å². The highest BCUT2D eigenvalue weighted by Gasteiger charge is 2.40. The van der Waals surface area contributed by atoms with Crippen LogP contribution in [0.2, 0.25) is 0 Å². The van der Waals surface area contributed by atoms with Gasteiger partial charge in [-0.25, -0.2) is 0 Å². The van der Waals surface area contributed by atoms with Crippen LogP contribution in [0, 0.1) is 0 Å². The van der Waals surface area contributed by atoms with E-state index < -0.39 is 35.7 Å². The van der Waals surface area contributed by atoms with Crippen LogP contribution in [0.3, 0.4) is 0 Å². The SMILES string of the molecule is COC(=O)[C@@H]1C[C@H](NC(=O)c2ccc3ccccc3c2O)CN1Cc1ccccc1C(F)(F)F. The third-order valence-electron chi connectivity index (χ3n) is 6.05. The summed E-state index contributed by atoms with van der Waals surface area (Å²) in [6.45, 7) is 0.00901. The van der Waals surface area contributed by atoms with E-state index in [0.717, 1.165) is 11.5 Å². The number of carbonyl (C=O) groups excluding carboxylic acids is 2. The molecule has 0 saturated carbocycles. The molecule has 1 aliphatic heterocycles. The van der Waals surface area contributed by atoms with Crippen molar-refractivity contribution in [2.45, 2.75) is 31.2 Å². The molecule has 0 radical (unpaired) electrons. The van der Waals surface area contributed by atoms with Gasteiger partial charge in [-0.1, -0.05) is 48.5 Å². The van der Waals surface area contributed by atoms with Crippen LogP contribution in [0.1, 0.15) is 27.9 Å². The van der Waals surface area contributed by atoms with Crippen LogP contribution in [-0.4, -0.2) is 47.6 Å². The first kappa shape index (κ1) is 23.6. The van der Waals surface area contributed by atoms with E-state index in [1.54, 1.807) is 23.1 Å². The van der Waals surface area contributed by atoms with Crippen molar-refractivity contribution in [1.82, 2.24) is 10.2 Å². The van der Waals surface area contributed by atoms with E-state index >= 15 is 0 Å². The summed E-state index contributed by atoms with van der Waals surface area (Å²) >= 11 is 0. The van der Waals surface area contributed by atoms with Crippen LogP contribution in [0.25, 0.3) is 10.8 Å². The van der Waals surface area contributed by atoms with Crippen LogP contribution >= 0.6 is 0 Å². The first-order chi connectivity index (χ1) is 16.2. The predicted molar refractivity (Wildman–Crippen MR) is 119 cm³/mol. The number of nitrogens with zero attached hydrogens (tertiary/aromatic N) is 1. The molecule has 1 aliphatic rings. The Bertz CT molecular complexity index is 1230. The number of benzene rings is 3. The number of nitrogens with one attached hydrogen (secondary N) is 1. The van der Waals surface area contributed by atoms with Crippen molar-refractivity contribution in [2.24, 2.45) is 0 Å². The Morgan fingerprint density at radius 2 is 1.79 bits per heavy atom. The Morgan fingerprint density at radius 1 is 1.09 bits per heavy atom. The van der Waals surface area contributed by atoms with Crippen LogP contribution in [-0.2, 0) is 22.3 Å². The van der Waals surface area contributed by atoms with Gasteiger partial charge >= 0.3 is 12.1 Å². The first-order valence-electron chi connectivity index (χ1n) is 10.7. The second kappa shape index (κ2) is 9.34. The Hall–Kier alpha value is -3.59. The molecular formula is C25H23F3N2O4. The number of hydrogen-bond donors (Lipinski definition) is 2. The topological polar surface area (TPSA) is 78.9 Å². The minimum atomic E-state index is -4.53. The van der Waals surface area contributed by atoms with Gasteiger partial charge in [0.05, 0.1) is 18.2 Å². The molecule has 34 heavy (non-hydrogen) atoms. The number of ether oxygens (including phenoxy) is 1. The molecule has 0 spiro atoms. The predicted octanol–water partition coefficient (Wildman–Crippen LogP) is 4.11. The van der Waals surface area contributed by atoms with Crippen LogP contribution in [0.5, 0.6) is 5.75 Å². The van der Waals surface area contributed by atoms with E-state index in [0.29, 0.717) is 5.39 Å². The zero-order valence-corrected chi connectivity index (χ0v) is 18.3. The van der Waals surface area contributed by atoms with Gasteiger partial charge in [0.1, 0.15) is 11.8 Å². The number of amides is 1. The molecule has 1 amide bonds. The Labute approximate surface area is 193 Å². The molecule has 6 nitrogen and oxygen atoms in total. The summed E-state index contributed by atoms with van der Waals surface area (Å²) in [6.07, 6.45) is -4.36. The second-order valence-electron chi connectivity index (χ2n) is 8.21. The van der Waals surface area contributed by atoms with E-state index in [4.69, 9.17) is 4.74 Å². The van der Waals surface area contributed by atoms with Crippen molar-refractivity contribution in [2.75, 3.05) is 13.7 Å². The molecular weight excluding hydrogens is 449 g/mol. The maximum absolute atomic E-state index is 13.4. The fraction of sp³-hybridized carbons (Fsp3) is 0.280. The Morgan fingerprint density at radius 3 is 2.53 bits per heavy atom. The number of carbonyl (C=O) groups is 2. The van der Waals surface area contributed by atoms with Crippen molar-refractivity contribution in [3.63, 3.8) is 0 Å². The molecule has 3 aromatic carbocycles. The van der Waals surface area contributed by atoms with Crippen LogP contribution in [0.4, 0.5) is 13.2 Å². The number of hydrogen-bond acceptors (Lipinski definition) is 5. The van der Waals surface area contributed by atoms with E-state index in [-0.39, 0.29) is 36.4 Å². The molecule has 0 unspecified atom stereocenters. The number of phenolic OH excluding ortho intramolecular Hbond substituents is 1. The van der Waals surface area contributed by atoms with Gasteiger partial charge in [-0.15, -0.1) is 0 Å². The normalized spacial score (nSPS) is 18.7. The van der Waals surface area contributed by atoms with Crippen LogP contribution < -0.4 is 5.32 Å². The number of aromatic hydroxyl groups is 1. The Kier molecular flexibility index (Phi) is 6.47. The maximum atomic E-state index is 13.4. The van der Waals surface area contributed by atoms with Gasteiger partial charge in [-0.3, -0.25) is 14.5 Å². The maximum Gasteiger partial charge on any atom is 0.416 e. The average Bonchev–Trinajstić information content (AvgIpc) is 3.20. The molecule has 9 heteroatoms. The molecule has 1 heterocycles. The number of rotatable bonds is 5. The number of methoxy groups -OCH3 is 1. The third-order valence-corrected chi connectivity index (χ3v) is 6.05. The van der Waals surface area contributed by atoms with Gasteiger partial charge in [0.15, 0.2) is 0 Å². The summed E-state index contributed by atoms with van der Waals surface area (Å²) in [7, 11) is 1.21. The molecule has 0 aliphatic carbocycles. The molecule has 2 N–H and O–H groups in total. The number of esters is 1. The fourth-order valence-corrected chi connectivity index (χ4v) is 4.42. The zero-order valence-electron chi connectivity index (χ0n) is 18.3. The lowest BCUT2D eigenvalue weighted by Gasteiger charge is -2.24. The summed E-state index contributed by atoms with van der Waals surface area (Å²) in [5.41, 5.74) is -0.663. The molecule has 3 aromatic rings. The quantitative estimate of drug-likeness (QED) is 0.547. The number of phenols is 1. The molecule has 1 saturated heterocycles. The zero-order chi connectivity index (χ0) is 24.5. The summed E-state index contributed by atoms with van der Waals surface area (Å²) in [6, 6.07) is 14.2. The molecule has 178 valence electrons. The summed E-state index contributed by atoms with van der Waals surface area (Å²) < 4.78 is 45.2. The van der Waals surface area contributed by atoms with Gasteiger partial charge in [0.2, 0.25) is 0 Å². The smallest absolute Gasteiger partial charge is 0.416 e. The fourth-order valence-electron chi connectivity index (χ4n) is 4.42. The average molecular weight is 472 g/mol. The van der Waals surface area contributed by atoms with Crippen molar-refractivity contribution in [1.29, 1.82) is 0 Å². The lowest BCUT2D eigenvalue weighted by atomic mass is 10.0. The third kappa shape index (κ3) is 4.70. The number of alkyl halides is 3. The molecule has 0 bridgehead atoms. The highest BCUT2D eigenvalue weighted by atomic mass is 19.4. The van der Waals surface area contributed by atoms with Gasteiger partial charge in [-0.2, -0.15) is 13.2 Å². The Balaban J connectivity index is 1.54. The van der Waals surface area contributed by atoms with Crippen molar-refractivity contribution in [3.05, 3.63) is 77.4 Å². The van der Waals surface area contributed by atoms with Gasteiger partial charge in [-0.05, 0) is 29.5 Å². The summed E-state index contributed by atoms with van der Waals surface area (Å²) in [5.74, 6) is -1.28. The molecule has 4 rings (SSSR count). The summed E-state index contributed by atoms with van der Waals surface area (Å²) in [4.78, 5) is 26.8.